The van der Waals surface area contributed by atoms with Crippen LogP contribution in [0.5, 0.6) is 0 Å². The topological polar surface area (TPSA) is 72.9 Å². The molecule has 5 nitrogen and oxygen atoms in total. The molecule has 1 heterocycles. The number of nitrogens with one attached hydrogen (secondary N) is 1. The monoisotopic (exact) mass is 270 g/mol. The summed E-state index contributed by atoms with van der Waals surface area (Å²) < 4.78 is 1.76. The van der Waals surface area contributed by atoms with Crippen LogP contribution in [-0.4, -0.2) is 22.2 Å². The average Bonchev–Trinajstić information content (AvgIpc) is 3.18. The lowest BCUT2D eigenvalue weighted by molar-refractivity contribution is 0.0956. The van der Waals surface area contributed by atoms with E-state index in [1.54, 1.807) is 22.9 Å². The summed E-state index contributed by atoms with van der Waals surface area (Å²) in [7, 11) is 0. The van der Waals surface area contributed by atoms with Gasteiger partial charge in [-0.1, -0.05) is 0 Å². The second-order valence-electron chi connectivity index (χ2n) is 5.09. The zero-order chi connectivity index (χ0) is 14.1. The van der Waals surface area contributed by atoms with Crippen LogP contribution in [0.4, 0.5) is 5.69 Å². The molecule has 1 amide bonds. The SMILES string of the molecule is CCNC(=O)c1ccc(N)c(-n2ccc(C3CC3)n2)c1. The predicted molar refractivity (Wildman–Crippen MR) is 78.0 cm³/mol. The number of benzene rings is 1. The maximum absolute atomic E-state index is 11.9. The molecular weight excluding hydrogens is 252 g/mol. The number of aromatic nitrogens is 2. The highest BCUT2D eigenvalue weighted by Gasteiger charge is 2.26. The molecule has 1 saturated carbocycles. The van der Waals surface area contributed by atoms with Crippen LogP contribution >= 0.6 is 0 Å². The molecule has 1 aliphatic carbocycles. The predicted octanol–water partition coefficient (Wildman–Crippen LogP) is 2.08. The van der Waals surface area contributed by atoms with Gasteiger partial charge in [0.05, 0.1) is 17.1 Å². The number of amides is 1. The Morgan fingerprint density at radius 2 is 2.25 bits per heavy atom. The van der Waals surface area contributed by atoms with Gasteiger partial charge in [0.25, 0.3) is 5.91 Å². The summed E-state index contributed by atoms with van der Waals surface area (Å²) in [4.78, 5) is 11.9. The number of nitrogens with zero attached hydrogens (tertiary/aromatic N) is 2. The Balaban J connectivity index is 1.94. The van der Waals surface area contributed by atoms with Crippen LogP contribution in [0, 0.1) is 0 Å². The number of nitrogens with two attached hydrogens (primary N) is 1. The Bertz CT molecular complexity index is 643. The Morgan fingerprint density at radius 1 is 1.45 bits per heavy atom. The molecule has 0 radical (unpaired) electrons. The van der Waals surface area contributed by atoms with Gasteiger partial charge in [-0.2, -0.15) is 5.10 Å². The van der Waals surface area contributed by atoms with Gasteiger partial charge in [0, 0.05) is 24.2 Å². The number of anilines is 1. The van der Waals surface area contributed by atoms with Gasteiger partial charge in [0.1, 0.15) is 0 Å². The van der Waals surface area contributed by atoms with Crippen LogP contribution in [-0.2, 0) is 0 Å². The lowest BCUT2D eigenvalue weighted by Crippen LogP contribution is -2.22. The highest BCUT2D eigenvalue weighted by molar-refractivity contribution is 5.95. The molecule has 2 aromatic rings. The molecule has 0 spiro atoms. The smallest absolute Gasteiger partial charge is 0.251 e. The fourth-order valence-corrected chi connectivity index (χ4v) is 2.21. The summed E-state index contributed by atoms with van der Waals surface area (Å²) in [6.45, 7) is 2.50. The normalized spacial score (nSPS) is 14.2. The minimum Gasteiger partial charge on any atom is -0.397 e. The largest absolute Gasteiger partial charge is 0.397 e. The molecule has 20 heavy (non-hydrogen) atoms. The molecule has 0 aliphatic heterocycles. The van der Waals surface area contributed by atoms with Crippen molar-refractivity contribution in [1.29, 1.82) is 0 Å². The van der Waals surface area contributed by atoms with E-state index in [0.29, 0.717) is 23.7 Å². The highest BCUT2D eigenvalue weighted by Crippen LogP contribution is 2.39. The molecular formula is C15H18N4O. The number of carbonyl (C=O) groups excluding carboxylic acids is 1. The lowest BCUT2D eigenvalue weighted by Gasteiger charge is -2.09. The molecule has 1 aliphatic rings. The molecule has 1 fully saturated rings. The minimum absolute atomic E-state index is 0.0941. The molecule has 104 valence electrons. The van der Waals surface area contributed by atoms with E-state index >= 15 is 0 Å². The number of carbonyl (C=O) groups is 1. The average molecular weight is 270 g/mol. The van der Waals surface area contributed by atoms with Crippen molar-refractivity contribution >= 4 is 11.6 Å². The number of nitrogen functional groups attached to an aromatic ring is 1. The summed E-state index contributed by atoms with van der Waals surface area (Å²) in [5, 5.41) is 7.34. The summed E-state index contributed by atoms with van der Waals surface area (Å²) >= 11 is 0. The van der Waals surface area contributed by atoms with Gasteiger partial charge < -0.3 is 11.1 Å². The quantitative estimate of drug-likeness (QED) is 0.835. The molecule has 0 bridgehead atoms. The Labute approximate surface area is 117 Å². The first kappa shape index (κ1) is 12.7. The number of hydrogen-bond acceptors (Lipinski definition) is 3. The van der Waals surface area contributed by atoms with Crippen molar-refractivity contribution in [2.45, 2.75) is 25.7 Å². The lowest BCUT2D eigenvalue weighted by atomic mass is 10.1. The molecule has 0 atom stereocenters. The maximum atomic E-state index is 11.9. The van der Waals surface area contributed by atoms with Crippen molar-refractivity contribution in [1.82, 2.24) is 15.1 Å². The van der Waals surface area contributed by atoms with Gasteiger partial charge in [-0.15, -0.1) is 0 Å². The van der Waals surface area contributed by atoms with E-state index in [-0.39, 0.29) is 5.91 Å². The van der Waals surface area contributed by atoms with Gasteiger partial charge in [0.15, 0.2) is 0 Å². The standard InChI is InChI=1S/C15H18N4O/c1-2-17-15(20)11-5-6-12(16)14(9-11)19-8-7-13(18-19)10-3-4-10/h5-10H,2-4,16H2,1H3,(H,17,20). The van der Waals surface area contributed by atoms with Crippen LogP contribution in [0.3, 0.4) is 0 Å². The summed E-state index contributed by atoms with van der Waals surface area (Å²) in [5.41, 5.74) is 9.07. The van der Waals surface area contributed by atoms with Crippen molar-refractivity contribution in [2.75, 3.05) is 12.3 Å². The van der Waals surface area contributed by atoms with Crippen LogP contribution in [0.15, 0.2) is 30.5 Å². The second-order valence-corrected chi connectivity index (χ2v) is 5.09. The molecule has 3 N–H and O–H groups in total. The second kappa shape index (κ2) is 5.00. The third kappa shape index (κ3) is 2.39. The molecule has 5 heteroatoms. The van der Waals surface area contributed by atoms with Crippen LogP contribution in [0.2, 0.25) is 0 Å². The van der Waals surface area contributed by atoms with E-state index in [0.717, 1.165) is 11.4 Å². The van der Waals surface area contributed by atoms with E-state index in [1.165, 1.54) is 12.8 Å². The third-order valence-corrected chi connectivity index (χ3v) is 3.48. The van der Waals surface area contributed by atoms with Gasteiger partial charge in [-0.25, -0.2) is 4.68 Å². The van der Waals surface area contributed by atoms with Crippen LogP contribution in [0.25, 0.3) is 5.69 Å². The summed E-state index contributed by atoms with van der Waals surface area (Å²) in [5.74, 6) is 0.507. The Hall–Kier alpha value is -2.30. The zero-order valence-electron chi connectivity index (χ0n) is 11.5. The van der Waals surface area contributed by atoms with Gasteiger partial charge >= 0.3 is 0 Å². The first-order valence-corrected chi connectivity index (χ1v) is 6.92. The third-order valence-electron chi connectivity index (χ3n) is 3.48. The van der Waals surface area contributed by atoms with Gasteiger partial charge in [-0.05, 0) is 44.0 Å². The van der Waals surface area contributed by atoms with Crippen molar-refractivity contribution < 1.29 is 4.79 Å². The highest BCUT2D eigenvalue weighted by atomic mass is 16.1. The summed E-state index contributed by atoms with van der Waals surface area (Å²) in [6, 6.07) is 7.29. The van der Waals surface area contributed by atoms with E-state index < -0.39 is 0 Å². The van der Waals surface area contributed by atoms with Gasteiger partial charge in [-0.3, -0.25) is 4.79 Å². The van der Waals surface area contributed by atoms with E-state index in [2.05, 4.69) is 10.4 Å². The molecule has 1 aromatic carbocycles. The van der Waals surface area contributed by atoms with E-state index in [9.17, 15) is 4.79 Å². The Morgan fingerprint density at radius 3 is 2.95 bits per heavy atom. The van der Waals surface area contributed by atoms with Crippen molar-refractivity contribution in [3.8, 4) is 5.69 Å². The van der Waals surface area contributed by atoms with Crippen molar-refractivity contribution in [2.24, 2.45) is 0 Å². The molecule has 0 unspecified atom stereocenters. The molecule has 1 aromatic heterocycles. The molecule has 3 rings (SSSR count). The number of hydrogen-bond donors (Lipinski definition) is 2. The van der Waals surface area contributed by atoms with Crippen LogP contribution in [0.1, 0.15) is 41.7 Å². The zero-order valence-corrected chi connectivity index (χ0v) is 11.5. The van der Waals surface area contributed by atoms with E-state index in [4.69, 9.17) is 5.73 Å². The van der Waals surface area contributed by atoms with Crippen molar-refractivity contribution in [3.05, 3.63) is 41.7 Å². The summed E-state index contributed by atoms with van der Waals surface area (Å²) in [6.07, 6.45) is 4.33. The van der Waals surface area contributed by atoms with E-state index in [1.807, 2.05) is 19.2 Å². The molecule has 0 saturated heterocycles. The fraction of sp³-hybridized carbons (Fsp3) is 0.333. The maximum Gasteiger partial charge on any atom is 0.251 e. The first-order chi connectivity index (χ1) is 9.69. The minimum atomic E-state index is -0.0941. The number of rotatable bonds is 4. The fourth-order valence-electron chi connectivity index (χ4n) is 2.21. The Kier molecular flexibility index (Phi) is 3.18. The van der Waals surface area contributed by atoms with Crippen molar-refractivity contribution in [3.63, 3.8) is 0 Å². The van der Waals surface area contributed by atoms with Gasteiger partial charge in [0.2, 0.25) is 0 Å². The van der Waals surface area contributed by atoms with Crippen LogP contribution < -0.4 is 11.1 Å². The first-order valence-electron chi connectivity index (χ1n) is 6.92.